The molecule has 0 bridgehead atoms. The molecule has 0 saturated heterocycles. The number of rotatable bonds is 9. The fraction of sp³-hybridized carbons (Fsp3) is 0.292. The van der Waals surface area contributed by atoms with Crippen molar-refractivity contribution >= 4 is 23.1 Å². The van der Waals surface area contributed by atoms with Gasteiger partial charge in [-0.05, 0) is 65.9 Å². The molecule has 3 rings (SSSR count). The number of aliphatic imine (C=N–C) groups is 1. The second kappa shape index (κ2) is 10.6. The maximum atomic E-state index is 4.67. The Labute approximate surface area is 172 Å². The van der Waals surface area contributed by atoms with E-state index in [2.05, 4.69) is 75.7 Å². The second-order valence-electron chi connectivity index (χ2n) is 6.87. The molecule has 3 nitrogen and oxygen atoms in total. The predicted octanol–water partition coefficient (Wildman–Crippen LogP) is 6.40. The average Bonchev–Trinajstić information content (AvgIpc) is 2.74. The summed E-state index contributed by atoms with van der Waals surface area (Å²) in [6, 6.07) is 16.6. The lowest BCUT2D eigenvalue weighted by Crippen LogP contribution is -2.00. The molecule has 0 unspecified atom stereocenters. The summed E-state index contributed by atoms with van der Waals surface area (Å²) in [6.45, 7) is 2.22. The molecular formula is C24H25N3S. The number of isothiocyanates is 1. The van der Waals surface area contributed by atoms with Crippen LogP contribution >= 0.6 is 12.2 Å². The molecule has 142 valence electrons. The third-order valence-corrected chi connectivity index (χ3v) is 4.91. The number of aromatic nitrogens is 2. The largest absolute Gasteiger partial charge is 0.241 e. The molecule has 0 aliphatic rings. The third-order valence-electron chi connectivity index (χ3n) is 4.82. The number of hydrogen-bond acceptors (Lipinski definition) is 4. The maximum absolute atomic E-state index is 4.67. The predicted molar refractivity (Wildman–Crippen MR) is 119 cm³/mol. The molecule has 2 aromatic carbocycles. The molecule has 4 heteroatoms. The Kier molecular flexibility index (Phi) is 7.60. The van der Waals surface area contributed by atoms with E-state index < -0.39 is 0 Å². The van der Waals surface area contributed by atoms with E-state index >= 15 is 0 Å². The van der Waals surface area contributed by atoms with Gasteiger partial charge in [0.2, 0.25) is 0 Å². The monoisotopic (exact) mass is 387 g/mol. The lowest BCUT2D eigenvalue weighted by Gasteiger charge is -2.10. The molecule has 0 atom stereocenters. The second-order valence-corrected chi connectivity index (χ2v) is 7.05. The van der Waals surface area contributed by atoms with Gasteiger partial charge in [0.25, 0.3) is 0 Å². The first-order valence-electron chi connectivity index (χ1n) is 9.86. The fourth-order valence-electron chi connectivity index (χ4n) is 3.25. The van der Waals surface area contributed by atoms with Gasteiger partial charge in [-0.3, -0.25) is 0 Å². The zero-order chi connectivity index (χ0) is 19.6. The van der Waals surface area contributed by atoms with Crippen molar-refractivity contribution in [3.63, 3.8) is 0 Å². The maximum Gasteiger partial charge on any atom is 0.128 e. The summed E-state index contributed by atoms with van der Waals surface area (Å²) in [7, 11) is 0. The van der Waals surface area contributed by atoms with Crippen LogP contribution in [0.2, 0.25) is 0 Å². The van der Waals surface area contributed by atoms with Crippen molar-refractivity contribution in [2.45, 2.75) is 45.4 Å². The molecule has 0 amide bonds. The first kappa shape index (κ1) is 20.1. The van der Waals surface area contributed by atoms with Gasteiger partial charge in [-0.15, -0.1) is 0 Å². The Hall–Kier alpha value is -2.68. The Morgan fingerprint density at radius 1 is 0.893 bits per heavy atom. The molecule has 3 aromatic rings. The van der Waals surface area contributed by atoms with Crippen molar-refractivity contribution in [2.24, 2.45) is 4.99 Å². The lowest BCUT2D eigenvalue weighted by molar-refractivity contribution is 0.711. The summed E-state index contributed by atoms with van der Waals surface area (Å²) in [6.07, 6.45) is 10.5. The SMILES string of the molecule is CCCCCc1cnc(CCc2ccccc2-c2ccc(N=C=S)cc2)nc1. The molecule has 0 aliphatic heterocycles. The highest BCUT2D eigenvalue weighted by Gasteiger charge is 2.06. The van der Waals surface area contributed by atoms with Crippen LogP contribution in [-0.2, 0) is 19.3 Å². The Bertz CT molecular complexity index is 927. The Morgan fingerprint density at radius 2 is 1.64 bits per heavy atom. The third kappa shape index (κ3) is 5.66. The lowest BCUT2D eigenvalue weighted by atomic mass is 9.96. The van der Waals surface area contributed by atoms with Gasteiger partial charge in [0.1, 0.15) is 5.82 Å². The molecule has 1 heterocycles. The van der Waals surface area contributed by atoms with Gasteiger partial charge in [-0.2, -0.15) is 4.99 Å². The number of aryl methyl sites for hydroxylation is 3. The normalized spacial score (nSPS) is 10.5. The number of unbranched alkanes of at least 4 members (excludes halogenated alkanes) is 2. The summed E-state index contributed by atoms with van der Waals surface area (Å²) in [5.74, 6) is 0.903. The van der Waals surface area contributed by atoms with E-state index in [0.717, 1.165) is 30.8 Å². The number of thiocarbonyl (C=S) groups is 1. The van der Waals surface area contributed by atoms with Crippen LogP contribution in [0.4, 0.5) is 5.69 Å². The standard InChI is InChI=1S/C24H25N3S/c1-2-3-4-7-19-16-25-24(26-17-19)15-12-20-8-5-6-9-23(20)21-10-13-22(14-11-21)27-18-28/h5-6,8-11,13-14,16-17H,2-4,7,12,15H2,1H3. The smallest absolute Gasteiger partial charge is 0.128 e. The van der Waals surface area contributed by atoms with Crippen molar-refractivity contribution in [3.05, 3.63) is 77.9 Å². The van der Waals surface area contributed by atoms with E-state index in [1.807, 2.05) is 24.5 Å². The minimum absolute atomic E-state index is 0.823. The van der Waals surface area contributed by atoms with Crippen LogP contribution in [0.25, 0.3) is 11.1 Å². The van der Waals surface area contributed by atoms with Crippen LogP contribution in [0.15, 0.2) is 65.9 Å². The van der Waals surface area contributed by atoms with Gasteiger partial charge in [0.05, 0.1) is 10.8 Å². The minimum Gasteiger partial charge on any atom is -0.241 e. The van der Waals surface area contributed by atoms with E-state index in [9.17, 15) is 0 Å². The van der Waals surface area contributed by atoms with Crippen molar-refractivity contribution in [3.8, 4) is 11.1 Å². The van der Waals surface area contributed by atoms with Crippen LogP contribution in [-0.4, -0.2) is 15.1 Å². The molecule has 1 aromatic heterocycles. The van der Waals surface area contributed by atoms with Crippen LogP contribution < -0.4 is 0 Å². The van der Waals surface area contributed by atoms with E-state index in [1.165, 1.54) is 41.5 Å². The highest BCUT2D eigenvalue weighted by atomic mass is 32.1. The van der Waals surface area contributed by atoms with Gasteiger partial charge in [0, 0.05) is 18.8 Å². The number of nitrogens with zero attached hydrogens (tertiary/aromatic N) is 3. The fourth-order valence-corrected chi connectivity index (χ4v) is 3.36. The van der Waals surface area contributed by atoms with E-state index in [-0.39, 0.29) is 0 Å². The highest BCUT2D eigenvalue weighted by molar-refractivity contribution is 7.78. The van der Waals surface area contributed by atoms with E-state index in [0.29, 0.717) is 0 Å². The van der Waals surface area contributed by atoms with Gasteiger partial charge < -0.3 is 0 Å². The molecule has 0 radical (unpaired) electrons. The quantitative estimate of drug-likeness (QED) is 0.242. The van der Waals surface area contributed by atoms with Crippen LogP contribution in [0.1, 0.15) is 43.1 Å². The molecular weight excluding hydrogens is 362 g/mol. The molecule has 28 heavy (non-hydrogen) atoms. The van der Waals surface area contributed by atoms with Gasteiger partial charge in [0.15, 0.2) is 0 Å². The van der Waals surface area contributed by atoms with Crippen molar-refractivity contribution in [2.75, 3.05) is 0 Å². The van der Waals surface area contributed by atoms with Crippen LogP contribution in [0.3, 0.4) is 0 Å². The summed E-state index contributed by atoms with van der Waals surface area (Å²) in [4.78, 5) is 13.2. The molecule has 0 N–H and O–H groups in total. The summed E-state index contributed by atoms with van der Waals surface area (Å²) in [5, 5.41) is 2.41. The molecule has 0 spiro atoms. The Morgan fingerprint density at radius 3 is 2.36 bits per heavy atom. The molecule has 0 aliphatic carbocycles. The average molecular weight is 388 g/mol. The van der Waals surface area contributed by atoms with E-state index in [4.69, 9.17) is 0 Å². The van der Waals surface area contributed by atoms with Crippen LogP contribution in [0.5, 0.6) is 0 Å². The van der Waals surface area contributed by atoms with Gasteiger partial charge in [-0.1, -0.05) is 56.2 Å². The molecule has 0 fully saturated rings. The zero-order valence-corrected chi connectivity index (χ0v) is 17.1. The summed E-state index contributed by atoms with van der Waals surface area (Å²) in [5.41, 5.74) is 5.76. The van der Waals surface area contributed by atoms with Crippen molar-refractivity contribution in [1.29, 1.82) is 0 Å². The van der Waals surface area contributed by atoms with Crippen LogP contribution in [0, 0.1) is 0 Å². The first-order chi connectivity index (χ1) is 13.8. The van der Waals surface area contributed by atoms with Gasteiger partial charge >= 0.3 is 0 Å². The Balaban J connectivity index is 1.67. The minimum atomic E-state index is 0.823. The van der Waals surface area contributed by atoms with E-state index in [1.54, 1.807) is 0 Å². The topological polar surface area (TPSA) is 38.1 Å². The number of benzene rings is 2. The van der Waals surface area contributed by atoms with Crippen molar-refractivity contribution < 1.29 is 0 Å². The first-order valence-corrected chi connectivity index (χ1v) is 10.3. The zero-order valence-electron chi connectivity index (χ0n) is 16.3. The van der Waals surface area contributed by atoms with Gasteiger partial charge in [-0.25, -0.2) is 9.97 Å². The van der Waals surface area contributed by atoms with Crippen molar-refractivity contribution in [1.82, 2.24) is 9.97 Å². The number of hydrogen-bond donors (Lipinski definition) is 0. The highest BCUT2D eigenvalue weighted by Crippen LogP contribution is 2.26. The summed E-state index contributed by atoms with van der Waals surface area (Å²) >= 11 is 4.67. The molecule has 0 saturated carbocycles. The summed E-state index contributed by atoms with van der Waals surface area (Å²) < 4.78 is 0.